The molecule has 7 heteroatoms. The van der Waals surface area contributed by atoms with E-state index in [4.69, 9.17) is 4.74 Å². The third-order valence-electron chi connectivity index (χ3n) is 5.06. The molecule has 0 atom stereocenters. The zero-order chi connectivity index (χ0) is 20.1. The summed E-state index contributed by atoms with van der Waals surface area (Å²) in [6, 6.07) is 6.92. The van der Waals surface area contributed by atoms with E-state index in [1.54, 1.807) is 18.2 Å². The zero-order valence-electron chi connectivity index (χ0n) is 15.0. The number of halogens is 3. The van der Waals surface area contributed by atoms with Gasteiger partial charge in [-0.05, 0) is 49.1 Å². The quantitative estimate of drug-likeness (QED) is 0.779. The highest BCUT2D eigenvalue weighted by Crippen LogP contribution is 2.44. The molecule has 1 fully saturated rings. The molecule has 0 N–H and O–H groups in total. The molecule has 0 aliphatic heterocycles. The molecule has 144 valence electrons. The van der Waals surface area contributed by atoms with E-state index < -0.39 is 11.7 Å². The van der Waals surface area contributed by atoms with Crippen LogP contribution < -0.4 is 4.74 Å². The van der Waals surface area contributed by atoms with E-state index in [0.717, 1.165) is 25.1 Å². The number of benzene rings is 1. The van der Waals surface area contributed by atoms with E-state index in [1.165, 1.54) is 13.2 Å². The molecular formula is C21H16F3NO3. The average molecular weight is 387 g/mol. The lowest BCUT2D eigenvalue weighted by Gasteiger charge is -2.21. The lowest BCUT2D eigenvalue weighted by Crippen LogP contribution is -2.24. The van der Waals surface area contributed by atoms with E-state index in [-0.39, 0.29) is 29.5 Å². The minimum Gasteiger partial charge on any atom is -0.497 e. The molecule has 2 aromatic rings. The van der Waals surface area contributed by atoms with Crippen molar-refractivity contribution in [1.29, 1.82) is 0 Å². The molecule has 1 heterocycles. The van der Waals surface area contributed by atoms with Crippen LogP contribution in [0.3, 0.4) is 0 Å². The second-order valence-corrected chi connectivity index (χ2v) is 6.95. The molecule has 0 saturated heterocycles. The summed E-state index contributed by atoms with van der Waals surface area (Å²) in [6.45, 7) is 0. The van der Waals surface area contributed by atoms with Crippen molar-refractivity contribution in [1.82, 2.24) is 4.98 Å². The lowest BCUT2D eigenvalue weighted by atomic mass is 9.80. The number of Topliss-reactive ketones (excluding diaryl/α,β-unsaturated/α-hetero) is 2. The molecular weight excluding hydrogens is 371 g/mol. The number of rotatable bonds is 4. The Labute approximate surface area is 159 Å². The maximum atomic E-state index is 13.1. The van der Waals surface area contributed by atoms with Crippen LogP contribution >= 0.6 is 0 Å². The van der Waals surface area contributed by atoms with Crippen LogP contribution in [0, 0.1) is 5.92 Å². The number of pyridine rings is 1. The maximum Gasteiger partial charge on any atom is 0.417 e. The number of aromatic nitrogens is 1. The van der Waals surface area contributed by atoms with E-state index in [0.29, 0.717) is 28.2 Å². The Kier molecular flexibility index (Phi) is 4.33. The number of hydrogen-bond donors (Lipinski definition) is 0. The summed E-state index contributed by atoms with van der Waals surface area (Å²) < 4.78 is 43.4. The standard InChI is InChI=1S/C21H16F3NO3/c1-28-14-6-7-15-16(9-14)20(27)18(11-2-3-11)17(19(15)26)8-13-5-4-12(10-25-13)21(22,23)24/h4-7,9-11H,2-3,8H2,1H3. The van der Waals surface area contributed by atoms with Gasteiger partial charge in [0.25, 0.3) is 0 Å². The molecule has 0 unspecified atom stereocenters. The summed E-state index contributed by atoms with van der Waals surface area (Å²) in [5, 5.41) is 0. The average Bonchev–Trinajstić information content (AvgIpc) is 3.50. The summed E-state index contributed by atoms with van der Waals surface area (Å²) in [6.07, 6.45) is -2.06. The van der Waals surface area contributed by atoms with Gasteiger partial charge in [-0.25, -0.2) is 0 Å². The van der Waals surface area contributed by atoms with Crippen LogP contribution in [0.15, 0.2) is 47.7 Å². The van der Waals surface area contributed by atoms with Crippen molar-refractivity contribution in [3.05, 3.63) is 70.1 Å². The summed E-state index contributed by atoms with van der Waals surface area (Å²) in [4.78, 5) is 30.0. The minimum atomic E-state index is -4.47. The molecule has 28 heavy (non-hydrogen) atoms. The fourth-order valence-electron chi connectivity index (χ4n) is 3.46. The number of alkyl halides is 3. The van der Waals surface area contributed by atoms with Crippen molar-refractivity contribution in [2.75, 3.05) is 7.11 Å². The molecule has 2 aliphatic carbocycles. The van der Waals surface area contributed by atoms with Crippen molar-refractivity contribution in [3.8, 4) is 5.75 Å². The second-order valence-electron chi connectivity index (χ2n) is 6.95. The SMILES string of the molecule is COc1ccc2c(c1)C(=O)C(C1CC1)=C(Cc1ccc(C(F)(F)F)cn1)C2=O. The number of ether oxygens (including phenoxy) is 1. The van der Waals surface area contributed by atoms with Crippen molar-refractivity contribution >= 4 is 11.6 Å². The Morgan fingerprint density at radius 3 is 2.39 bits per heavy atom. The van der Waals surface area contributed by atoms with Crippen LogP contribution in [0.4, 0.5) is 13.2 Å². The summed E-state index contributed by atoms with van der Waals surface area (Å²) >= 11 is 0. The zero-order valence-corrected chi connectivity index (χ0v) is 15.0. The highest BCUT2D eigenvalue weighted by Gasteiger charge is 2.40. The topological polar surface area (TPSA) is 56.3 Å². The van der Waals surface area contributed by atoms with Crippen molar-refractivity contribution in [2.45, 2.75) is 25.4 Å². The summed E-state index contributed by atoms with van der Waals surface area (Å²) in [5.74, 6) is 0.0157. The number of nitrogens with zero attached hydrogens (tertiary/aromatic N) is 1. The molecule has 0 radical (unpaired) electrons. The third-order valence-corrected chi connectivity index (χ3v) is 5.06. The van der Waals surface area contributed by atoms with Gasteiger partial charge < -0.3 is 4.74 Å². The van der Waals surface area contributed by atoms with Crippen LogP contribution in [0.2, 0.25) is 0 Å². The van der Waals surface area contributed by atoms with Gasteiger partial charge in [-0.1, -0.05) is 0 Å². The monoisotopic (exact) mass is 387 g/mol. The van der Waals surface area contributed by atoms with Gasteiger partial charge >= 0.3 is 6.18 Å². The Morgan fingerprint density at radius 2 is 1.82 bits per heavy atom. The van der Waals surface area contributed by atoms with Gasteiger partial charge in [0.2, 0.25) is 0 Å². The number of hydrogen-bond acceptors (Lipinski definition) is 4. The number of carbonyl (C=O) groups is 2. The van der Waals surface area contributed by atoms with Gasteiger partial charge in [-0.15, -0.1) is 0 Å². The number of allylic oxidation sites excluding steroid dienone is 2. The summed E-state index contributed by atoms with van der Waals surface area (Å²) in [7, 11) is 1.48. The highest BCUT2D eigenvalue weighted by molar-refractivity contribution is 6.27. The van der Waals surface area contributed by atoms with E-state index in [9.17, 15) is 22.8 Å². The maximum absolute atomic E-state index is 13.1. The van der Waals surface area contributed by atoms with Crippen molar-refractivity contribution in [2.24, 2.45) is 5.92 Å². The highest BCUT2D eigenvalue weighted by atomic mass is 19.4. The fraction of sp³-hybridized carbons (Fsp3) is 0.286. The molecule has 0 amide bonds. The molecule has 1 aromatic carbocycles. The molecule has 0 spiro atoms. The Hall–Kier alpha value is -2.96. The molecule has 4 nitrogen and oxygen atoms in total. The number of ketones is 2. The van der Waals surface area contributed by atoms with Gasteiger partial charge in [-0.2, -0.15) is 13.2 Å². The van der Waals surface area contributed by atoms with E-state index in [2.05, 4.69) is 4.98 Å². The lowest BCUT2D eigenvalue weighted by molar-refractivity contribution is -0.137. The predicted octanol–water partition coefficient (Wildman–Crippen LogP) is 4.44. The molecule has 4 rings (SSSR count). The van der Waals surface area contributed by atoms with Crippen molar-refractivity contribution < 1.29 is 27.5 Å². The predicted molar refractivity (Wildman–Crippen MR) is 94.3 cm³/mol. The molecule has 1 saturated carbocycles. The third kappa shape index (κ3) is 3.21. The van der Waals surface area contributed by atoms with Gasteiger partial charge in [0.1, 0.15) is 5.75 Å². The van der Waals surface area contributed by atoms with Crippen LogP contribution in [0.1, 0.15) is 44.8 Å². The first-order valence-corrected chi connectivity index (χ1v) is 8.82. The van der Waals surface area contributed by atoms with Gasteiger partial charge in [0.05, 0.1) is 12.7 Å². The molecule has 1 aromatic heterocycles. The molecule has 0 bridgehead atoms. The first-order valence-electron chi connectivity index (χ1n) is 8.82. The summed E-state index contributed by atoms with van der Waals surface area (Å²) in [5.41, 5.74) is 0.868. The largest absolute Gasteiger partial charge is 0.497 e. The van der Waals surface area contributed by atoms with E-state index >= 15 is 0 Å². The van der Waals surface area contributed by atoms with Gasteiger partial charge in [0.15, 0.2) is 11.6 Å². The van der Waals surface area contributed by atoms with Crippen LogP contribution in [-0.2, 0) is 12.6 Å². The smallest absolute Gasteiger partial charge is 0.417 e. The number of fused-ring (bicyclic) bond motifs is 1. The number of methoxy groups -OCH3 is 1. The van der Waals surface area contributed by atoms with Crippen LogP contribution in [0.5, 0.6) is 5.75 Å². The number of carbonyl (C=O) groups excluding carboxylic acids is 2. The molecule has 2 aliphatic rings. The van der Waals surface area contributed by atoms with Gasteiger partial charge in [0, 0.05) is 40.6 Å². The van der Waals surface area contributed by atoms with Crippen molar-refractivity contribution in [3.63, 3.8) is 0 Å². The first-order chi connectivity index (χ1) is 13.3. The normalized spacial score (nSPS) is 17.0. The second kappa shape index (κ2) is 6.58. The van der Waals surface area contributed by atoms with Crippen LogP contribution in [0.25, 0.3) is 0 Å². The Balaban J connectivity index is 1.73. The van der Waals surface area contributed by atoms with Crippen LogP contribution in [-0.4, -0.2) is 23.7 Å². The Morgan fingerprint density at radius 1 is 1.07 bits per heavy atom. The first kappa shape index (κ1) is 18.4. The fourth-order valence-corrected chi connectivity index (χ4v) is 3.46. The minimum absolute atomic E-state index is 0.0141. The Bertz CT molecular complexity index is 1000. The van der Waals surface area contributed by atoms with Gasteiger partial charge in [-0.3, -0.25) is 14.6 Å². The van der Waals surface area contributed by atoms with E-state index in [1.807, 2.05) is 0 Å².